The minimum atomic E-state index is -1.05. The Bertz CT molecular complexity index is 852. The summed E-state index contributed by atoms with van der Waals surface area (Å²) in [5, 5.41) is 17.7. The van der Waals surface area contributed by atoms with Crippen LogP contribution in [-0.2, 0) is 19.1 Å². The molecule has 0 spiro atoms. The first kappa shape index (κ1) is 30.8. The van der Waals surface area contributed by atoms with Gasteiger partial charge in [-0.25, -0.2) is 9.59 Å². The SMILES string of the molecule is CO[C@H](C/C=C\C=C\CC/C=C/C[C@H](C)/C=C/C(=C\C(=O)O)CC=O)/C(C)=C\C=C(/C)C(=O)O. The molecular weight excluding hydrogens is 432 g/mol. The largest absolute Gasteiger partial charge is 0.478 e. The van der Waals surface area contributed by atoms with Crippen molar-refractivity contribution < 1.29 is 29.3 Å². The van der Waals surface area contributed by atoms with Gasteiger partial charge in [0.25, 0.3) is 0 Å². The fourth-order valence-electron chi connectivity index (χ4n) is 2.78. The average Bonchev–Trinajstić information content (AvgIpc) is 2.79. The summed E-state index contributed by atoms with van der Waals surface area (Å²) in [5.74, 6) is -1.74. The Labute approximate surface area is 203 Å². The Morgan fingerprint density at radius 2 is 1.62 bits per heavy atom. The van der Waals surface area contributed by atoms with Crippen LogP contribution in [0.25, 0.3) is 0 Å². The summed E-state index contributed by atoms with van der Waals surface area (Å²) in [6.45, 7) is 5.52. The number of unbranched alkanes of at least 4 members (excludes halogenated alkanes) is 1. The van der Waals surface area contributed by atoms with E-state index in [1.165, 1.54) is 0 Å². The van der Waals surface area contributed by atoms with Crippen molar-refractivity contribution in [3.63, 3.8) is 0 Å². The zero-order chi connectivity index (χ0) is 25.8. The first-order valence-electron chi connectivity index (χ1n) is 11.3. The van der Waals surface area contributed by atoms with Crippen LogP contribution in [0.5, 0.6) is 0 Å². The van der Waals surface area contributed by atoms with Crippen LogP contribution in [0, 0.1) is 5.92 Å². The molecule has 0 bridgehead atoms. The molecule has 0 aromatic rings. The van der Waals surface area contributed by atoms with E-state index in [9.17, 15) is 14.4 Å². The standard InChI is InChI=1S/C28H38O6/c1-22(15-18-25(19-20-29)21-27(30)31)13-11-9-7-5-6-8-10-12-14-26(34-4)23(2)16-17-24(3)28(32)33/h6,8-12,15-18,20-22,26H,5,7,13-14,19H2,1-4H3,(H,30,31)(H,32,33)/b8-6+,11-9+,12-10-,18-15+,23-16-,24-17+,25-21+/t22-,26+/m0/s1. The minimum absolute atomic E-state index is 0.0956. The monoisotopic (exact) mass is 470 g/mol. The third-order valence-corrected chi connectivity index (χ3v) is 4.90. The van der Waals surface area contributed by atoms with Crippen molar-refractivity contribution >= 4 is 18.2 Å². The zero-order valence-corrected chi connectivity index (χ0v) is 20.6. The molecule has 0 aromatic heterocycles. The highest BCUT2D eigenvalue weighted by atomic mass is 16.5. The van der Waals surface area contributed by atoms with Crippen molar-refractivity contribution in [2.24, 2.45) is 5.92 Å². The smallest absolute Gasteiger partial charge is 0.331 e. The molecule has 6 heteroatoms. The van der Waals surface area contributed by atoms with Crippen molar-refractivity contribution in [3.8, 4) is 0 Å². The molecule has 0 unspecified atom stereocenters. The molecule has 0 heterocycles. The van der Waals surface area contributed by atoms with Crippen LogP contribution in [-0.4, -0.2) is 41.7 Å². The normalized spacial score (nSPS) is 15.6. The highest BCUT2D eigenvalue weighted by Gasteiger charge is 2.07. The van der Waals surface area contributed by atoms with E-state index in [4.69, 9.17) is 14.9 Å². The number of aliphatic carboxylic acids is 2. The van der Waals surface area contributed by atoms with E-state index in [-0.39, 0.29) is 24.0 Å². The molecule has 2 atom stereocenters. The molecule has 0 fully saturated rings. The molecule has 0 aliphatic heterocycles. The van der Waals surface area contributed by atoms with Gasteiger partial charge in [0, 0.05) is 25.2 Å². The van der Waals surface area contributed by atoms with E-state index < -0.39 is 11.9 Å². The number of carbonyl (C=O) groups is 3. The number of rotatable bonds is 17. The molecular formula is C28H38O6. The van der Waals surface area contributed by atoms with E-state index in [0.717, 1.165) is 30.9 Å². The fraction of sp³-hybridized carbons (Fsp3) is 0.393. The second kappa shape index (κ2) is 19.2. The first-order chi connectivity index (χ1) is 16.2. The average molecular weight is 471 g/mol. The van der Waals surface area contributed by atoms with Crippen molar-refractivity contribution in [1.29, 1.82) is 0 Å². The van der Waals surface area contributed by atoms with Crippen molar-refractivity contribution in [1.82, 2.24) is 0 Å². The van der Waals surface area contributed by atoms with Crippen LogP contribution in [0.2, 0.25) is 0 Å². The summed E-state index contributed by atoms with van der Waals surface area (Å²) < 4.78 is 5.48. The molecule has 0 aliphatic carbocycles. The predicted octanol–water partition coefficient (Wildman–Crippen LogP) is 6.00. The van der Waals surface area contributed by atoms with Gasteiger partial charge in [-0.1, -0.05) is 67.7 Å². The summed E-state index contributed by atoms with van der Waals surface area (Å²) in [5.41, 5.74) is 1.73. The molecule has 0 aliphatic rings. The Balaban J connectivity index is 4.36. The molecule has 0 saturated carbocycles. The number of ether oxygens (including phenoxy) is 1. The number of hydrogen-bond acceptors (Lipinski definition) is 4. The van der Waals surface area contributed by atoms with Crippen LogP contribution in [0.1, 0.15) is 52.9 Å². The van der Waals surface area contributed by atoms with Gasteiger partial charge in [-0.2, -0.15) is 0 Å². The van der Waals surface area contributed by atoms with E-state index in [2.05, 4.69) is 18.2 Å². The van der Waals surface area contributed by atoms with Crippen LogP contribution in [0.4, 0.5) is 0 Å². The summed E-state index contributed by atoms with van der Waals surface area (Å²) in [6, 6.07) is 0. The van der Waals surface area contributed by atoms with Gasteiger partial charge >= 0.3 is 11.9 Å². The van der Waals surface area contributed by atoms with E-state index >= 15 is 0 Å². The van der Waals surface area contributed by atoms with Gasteiger partial charge in [0.15, 0.2) is 0 Å². The molecule has 0 radical (unpaired) electrons. The van der Waals surface area contributed by atoms with Crippen LogP contribution >= 0.6 is 0 Å². The molecule has 0 amide bonds. The van der Waals surface area contributed by atoms with Gasteiger partial charge in [-0.05, 0) is 56.6 Å². The summed E-state index contributed by atoms with van der Waals surface area (Å²) in [7, 11) is 1.64. The lowest BCUT2D eigenvalue weighted by atomic mass is 10.0. The molecule has 0 saturated heterocycles. The maximum absolute atomic E-state index is 10.9. The van der Waals surface area contributed by atoms with Gasteiger partial charge in [0.1, 0.15) is 6.29 Å². The van der Waals surface area contributed by atoms with Crippen molar-refractivity contribution in [2.75, 3.05) is 7.11 Å². The van der Waals surface area contributed by atoms with Gasteiger partial charge in [-0.15, -0.1) is 0 Å². The van der Waals surface area contributed by atoms with E-state index in [1.54, 1.807) is 32.3 Å². The Morgan fingerprint density at radius 3 is 2.24 bits per heavy atom. The van der Waals surface area contributed by atoms with Gasteiger partial charge < -0.3 is 19.7 Å². The fourth-order valence-corrected chi connectivity index (χ4v) is 2.78. The maximum Gasteiger partial charge on any atom is 0.331 e. The highest BCUT2D eigenvalue weighted by Crippen LogP contribution is 2.12. The van der Waals surface area contributed by atoms with Crippen molar-refractivity contribution in [3.05, 3.63) is 83.6 Å². The number of aldehydes is 1. The lowest BCUT2D eigenvalue weighted by molar-refractivity contribution is -0.133. The second-order valence-corrected chi connectivity index (χ2v) is 7.93. The van der Waals surface area contributed by atoms with Gasteiger partial charge in [0.05, 0.1) is 6.10 Å². The lowest BCUT2D eigenvalue weighted by Gasteiger charge is -2.13. The predicted molar refractivity (Wildman–Crippen MR) is 137 cm³/mol. The maximum atomic E-state index is 10.9. The molecule has 0 rings (SSSR count). The second-order valence-electron chi connectivity index (χ2n) is 7.93. The van der Waals surface area contributed by atoms with Crippen LogP contribution < -0.4 is 0 Å². The number of carboxylic acids is 2. The minimum Gasteiger partial charge on any atom is -0.478 e. The molecule has 6 nitrogen and oxygen atoms in total. The number of methoxy groups -OCH3 is 1. The summed E-state index contributed by atoms with van der Waals surface area (Å²) in [4.78, 5) is 32.2. The Hall–Kier alpha value is -3.25. The molecule has 0 aromatic carbocycles. The summed E-state index contributed by atoms with van der Waals surface area (Å²) >= 11 is 0. The topological polar surface area (TPSA) is 101 Å². The van der Waals surface area contributed by atoms with Gasteiger partial charge in [0.2, 0.25) is 0 Å². The van der Waals surface area contributed by atoms with Crippen LogP contribution in [0.15, 0.2) is 83.6 Å². The van der Waals surface area contributed by atoms with E-state index in [0.29, 0.717) is 18.3 Å². The van der Waals surface area contributed by atoms with Gasteiger partial charge in [-0.3, -0.25) is 0 Å². The molecule has 186 valence electrons. The lowest BCUT2D eigenvalue weighted by Crippen LogP contribution is -2.10. The van der Waals surface area contributed by atoms with Crippen molar-refractivity contribution in [2.45, 2.75) is 59.0 Å². The Kier molecular flexibility index (Phi) is 17.4. The third-order valence-electron chi connectivity index (χ3n) is 4.90. The number of hydrogen-bond donors (Lipinski definition) is 2. The highest BCUT2D eigenvalue weighted by molar-refractivity contribution is 5.86. The molecule has 2 N–H and O–H groups in total. The first-order valence-corrected chi connectivity index (χ1v) is 11.3. The number of carbonyl (C=O) groups excluding carboxylic acids is 1. The zero-order valence-electron chi connectivity index (χ0n) is 20.6. The third kappa shape index (κ3) is 16.4. The Morgan fingerprint density at radius 1 is 0.941 bits per heavy atom. The summed E-state index contributed by atoms with van der Waals surface area (Å²) in [6.07, 6.45) is 24.5. The molecule has 34 heavy (non-hydrogen) atoms. The van der Waals surface area contributed by atoms with Crippen LogP contribution in [0.3, 0.4) is 0 Å². The quantitative estimate of drug-likeness (QED) is 0.0889. The van der Waals surface area contributed by atoms with E-state index in [1.807, 2.05) is 38.2 Å². The number of allylic oxidation sites excluding steroid dienone is 10. The number of carboxylic acid groups (broad SMARTS) is 2.